The van der Waals surface area contributed by atoms with E-state index in [4.69, 9.17) is 0 Å². The zero-order valence-electron chi connectivity index (χ0n) is 15.6. The predicted octanol–water partition coefficient (Wildman–Crippen LogP) is 0.320. The lowest BCUT2D eigenvalue weighted by Gasteiger charge is -2.27. The van der Waals surface area contributed by atoms with E-state index in [9.17, 15) is 19.2 Å². The summed E-state index contributed by atoms with van der Waals surface area (Å²) in [6.45, 7) is 2.30. The molecule has 3 aliphatic rings. The number of piperidine rings is 2. The van der Waals surface area contributed by atoms with E-state index < -0.39 is 23.8 Å². The third kappa shape index (κ3) is 3.45. The molecular weight excluding hydrogens is 360 g/mol. The fraction of sp³-hybridized carbons (Fsp3) is 0.500. The van der Waals surface area contributed by atoms with Gasteiger partial charge in [-0.15, -0.1) is 0 Å². The Kier molecular flexibility index (Phi) is 5.23. The third-order valence-electron chi connectivity index (χ3n) is 5.67. The van der Waals surface area contributed by atoms with E-state index in [1.54, 1.807) is 12.1 Å². The maximum atomic E-state index is 13.0. The first-order valence-electron chi connectivity index (χ1n) is 9.84. The average molecular weight is 384 g/mol. The van der Waals surface area contributed by atoms with Crippen LogP contribution in [0.25, 0.3) is 0 Å². The van der Waals surface area contributed by atoms with Crippen LogP contribution in [0.4, 0.5) is 0 Å². The number of nitrogens with one attached hydrogen (secondary N) is 3. The highest BCUT2D eigenvalue weighted by atomic mass is 16.2. The minimum Gasteiger partial charge on any atom is -0.313 e. The van der Waals surface area contributed by atoms with Gasteiger partial charge in [0.15, 0.2) is 0 Å². The van der Waals surface area contributed by atoms with Gasteiger partial charge in [-0.3, -0.25) is 29.4 Å². The standard InChI is InChI=1S/C20H24N4O4/c25-16-8-7-15(18(26)23-16)24-19(27)14-6-3-4-12(17(14)20(24)28)10-21-11-13-5-1-2-9-22-13/h3-4,6,13,15,21-22H,1-2,5,7-11H2,(H,23,25,26)/t13-,15?/m1/s1. The van der Waals surface area contributed by atoms with Gasteiger partial charge >= 0.3 is 0 Å². The summed E-state index contributed by atoms with van der Waals surface area (Å²) in [6, 6.07) is 4.70. The molecule has 1 unspecified atom stereocenters. The normalized spacial score (nSPS) is 25.1. The van der Waals surface area contributed by atoms with E-state index in [1.807, 2.05) is 6.07 Å². The van der Waals surface area contributed by atoms with Gasteiger partial charge in [-0.25, -0.2) is 0 Å². The van der Waals surface area contributed by atoms with Crippen LogP contribution in [-0.4, -0.2) is 53.7 Å². The van der Waals surface area contributed by atoms with Gasteiger partial charge in [0.1, 0.15) is 6.04 Å². The maximum absolute atomic E-state index is 13.0. The van der Waals surface area contributed by atoms with Crippen molar-refractivity contribution in [3.63, 3.8) is 0 Å². The Labute approximate surface area is 163 Å². The Morgan fingerprint density at radius 1 is 1.07 bits per heavy atom. The molecule has 0 radical (unpaired) electrons. The van der Waals surface area contributed by atoms with Crippen molar-refractivity contribution in [1.82, 2.24) is 20.9 Å². The number of amides is 4. The Balaban J connectivity index is 1.49. The fourth-order valence-electron chi connectivity index (χ4n) is 4.21. The summed E-state index contributed by atoms with van der Waals surface area (Å²) in [4.78, 5) is 50.4. The van der Waals surface area contributed by atoms with Crippen molar-refractivity contribution in [3.8, 4) is 0 Å². The monoisotopic (exact) mass is 384 g/mol. The van der Waals surface area contributed by atoms with Gasteiger partial charge in [-0.2, -0.15) is 0 Å². The summed E-state index contributed by atoms with van der Waals surface area (Å²) in [6.07, 6.45) is 3.83. The average Bonchev–Trinajstić information content (AvgIpc) is 2.94. The lowest BCUT2D eigenvalue weighted by Crippen LogP contribution is -2.54. The van der Waals surface area contributed by atoms with Crippen molar-refractivity contribution >= 4 is 23.6 Å². The zero-order chi connectivity index (χ0) is 19.7. The first-order chi connectivity index (χ1) is 13.6. The molecule has 2 atom stereocenters. The number of benzene rings is 1. The van der Waals surface area contributed by atoms with Gasteiger partial charge in [0.2, 0.25) is 11.8 Å². The molecule has 0 aromatic heterocycles. The molecule has 1 aromatic carbocycles. The van der Waals surface area contributed by atoms with Crippen LogP contribution < -0.4 is 16.0 Å². The summed E-state index contributed by atoms with van der Waals surface area (Å²) < 4.78 is 0. The SMILES string of the molecule is O=C1CCC(N2C(=O)c3cccc(CNC[C@H]4CCCCN4)c3C2=O)C(=O)N1. The molecule has 3 aliphatic heterocycles. The lowest BCUT2D eigenvalue weighted by atomic mass is 10.0. The van der Waals surface area contributed by atoms with Crippen LogP contribution in [0.2, 0.25) is 0 Å². The summed E-state index contributed by atoms with van der Waals surface area (Å²) >= 11 is 0. The van der Waals surface area contributed by atoms with Crippen molar-refractivity contribution in [2.45, 2.75) is 50.7 Å². The predicted molar refractivity (Wildman–Crippen MR) is 100 cm³/mol. The first kappa shape index (κ1) is 18.8. The Bertz CT molecular complexity index is 831. The molecule has 4 amide bonds. The summed E-state index contributed by atoms with van der Waals surface area (Å²) in [5.41, 5.74) is 1.44. The fourth-order valence-corrected chi connectivity index (χ4v) is 4.21. The van der Waals surface area contributed by atoms with Crippen LogP contribution in [0.5, 0.6) is 0 Å². The van der Waals surface area contributed by atoms with E-state index in [0.717, 1.165) is 30.0 Å². The highest BCUT2D eigenvalue weighted by Crippen LogP contribution is 2.29. The smallest absolute Gasteiger partial charge is 0.262 e. The van der Waals surface area contributed by atoms with Gasteiger partial charge in [-0.05, 0) is 37.4 Å². The molecule has 8 heteroatoms. The molecule has 0 saturated carbocycles. The first-order valence-corrected chi connectivity index (χ1v) is 9.84. The summed E-state index contributed by atoms with van der Waals surface area (Å²) in [5, 5.41) is 9.06. The Morgan fingerprint density at radius 3 is 2.68 bits per heavy atom. The molecule has 0 spiro atoms. The molecule has 1 aromatic rings. The van der Waals surface area contributed by atoms with E-state index in [0.29, 0.717) is 23.7 Å². The number of hydrogen-bond acceptors (Lipinski definition) is 6. The lowest BCUT2D eigenvalue weighted by molar-refractivity contribution is -0.136. The van der Waals surface area contributed by atoms with Crippen molar-refractivity contribution in [2.75, 3.05) is 13.1 Å². The largest absolute Gasteiger partial charge is 0.313 e. The van der Waals surface area contributed by atoms with Crippen molar-refractivity contribution in [1.29, 1.82) is 0 Å². The number of fused-ring (bicyclic) bond motifs is 1. The number of carbonyl (C=O) groups is 4. The Morgan fingerprint density at radius 2 is 1.93 bits per heavy atom. The van der Waals surface area contributed by atoms with Crippen molar-refractivity contribution in [3.05, 3.63) is 34.9 Å². The molecule has 2 saturated heterocycles. The van der Waals surface area contributed by atoms with Crippen molar-refractivity contribution in [2.24, 2.45) is 0 Å². The highest BCUT2D eigenvalue weighted by Gasteiger charge is 2.45. The molecule has 8 nitrogen and oxygen atoms in total. The second kappa shape index (κ2) is 7.81. The topological polar surface area (TPSA) is 108 Å². The molecule has 28 heavy (non-hydrogen) atoms. The molecule has 3 N–H and O–H groups in total. The van der Waals surface area contributed by atoms with Gasteiger partial charge < -0.3 is 10.6 Å². The quantitative estimate of drug-likeness (QED) is 0.631. The molecule has 0 aliphatic carbocycles. The molecule has 148 valence electrons. The van der Waals surface area contributed by atoms with Gasteiger partial charge in [-0.1, -0.05) is 18.6 Å². The molecular formula is C20H24N4O4. The van der Waals surface area contributed by atoms with E-state index >= 15 is 0 Å². The van der Waals surface area contributed by atoms with Crippen molar-refractivity contribution < 1.29 is 19.2 Å². The molecule has 2 fully saturated rings. The van der Waals surface area contributed by atoms with Gasteiger partial charge in [0.25, 0.3) is 11.8 Å². The molecule has 0 bridgehead atoms. The minimum absolute atomic E-state index is 0.118. The van der Waals surface area contributed by atoms with E-state index in [1.165, 1.54) is 12.8 Å². The summed E-state index contributed by atoms with van der Waals surface area (Å²) in [5.74, 6) is -1.89. The number of imide groups is 2. The van der Waals surface area contributed by atoms with Crippen LogP contribution in [0.15, 0.2) is 18.2 Å². The van der Waals surface area contributed by atoms with E-state index in [-0.39, 0.29) is 18.7 Å². The maximum Gasteiger partial charge on any atom is 0.262 e. The van der Waals surface area contributed by atoms with Gasteiger partial charge in [0, 0.05) is 25.6 Å². The summed E-state index contributed by atoms with van der Waals surface area (Å²) in [7, 11) is 0. The van der Waals surface area contributed by atoms with Crippen LogP contribution in [-0.2, 0) is 16.1 Å². The molecule has 3 heterocycles. The van der Waals surface area contributed by atoms with Gasteiger partial charge in [0.05, 0.1) is 11.1 Å². The second-order valence-electron chi connectivity index (χ2n) is 7.56. The van der Waals surface area contributed by atoms with Crippen LogP contribution >= 0.6 is 0 Å². The molecule has 4 rings (SSSR count). The second-order valence-corrected chi connectivity index (χ2v) is 7.56. The number of rotatable bonds is 5. The third-order valence-corrected chi connectivity index (χ3v) is 5.67. The van der Waals surface area contributed by atoms with Crippen LogP contribution in [0, 0.1) is 0 Å². The number of hydrogen-bond donors (Lipinski definition) is 3. The number of carbonyl (C=O) groups excluding carboxylic acids is 4. The minimum atomic E-state index is -0.933. The highest BCUT2D eigenvalue weighted by molar-refractivity contribution is 6.24. The van der Waals surface area contributed by atoms with Crippen LogP contribution in [0.3, 0.4) is 0 Å². The zero-order valence-corrected chi connectivity index (χ0v) is 15.6. The number of nitrogens with zero attached hydrogens (tertiary/aromatic N) is 1. The Hall–Kier alpha value is -2.58. The van der Waals surface area contributed by atoms with Crippen LogP contribution in [0.1, 0.15) is 58.4 Å². The van der Waals surface area contributed by atoms with E-state index in [2.05, 4.69) is 16.0 Å².